The molecule has 1 heterocycles. The number of likely N-dealkylation sites (N-methyl/N-ethyl adjacent to an activating group) is 1. The molecule has 1 aliphatic rings. The van der Waals surface area contributed by atoms with Crippen LogP contribution in [-0.4, -0.2) is 39.4 Å². The zero-order valence-electron chi connectivity index (χ0n) is 7.39. The summed E-state index contributed by atoms with van der Waals surface area (Å²) in [5.74, 6) is 0.653. The quantitative estimate of drug-likeness (QED) is 0.596. The maximum Gasteiger partial charge on any atom is 0.0623 e. The summed E-state index contributed by atoms with van der Waals surface area (Å²) >= 11 is 0. The van der Waals surface area contributed by atoms with Gasteiger partial charge in [0.1, 0.15) is 0 Å². The van der Waals surface area contributed by atoms with Crippen molar-refractivity contribution in [3.63, 3.8) is 0 Å². The predicted octanol–water partition coefficient (Wildman–Crippen LogP) is -0.170. The van der Waals surface area contributed by atoms with E-state index < -0.39 is 0 Å². The van der Waals surface area contributed by atoms with Gasteiger partial charge in [-0.05, 0) is 13.6 Å². The number of rotatable bonds is 4. The minimum atomic E-state index is 0.562. The molecule has 1 aliphatic heterocycles. The second-order valence-electron chi connectivity index (χ2n) is 3.02. The molecule has 0 bridgehead atoms. The zero-order valence-corrected chi connectivity index (χ0v) is 7.39. The van der Waals surface area contributed by atoms with Crippen LogP contribution in [0.25, 0.3) is 0 Å². The number of nitrogens with one attached hydrogen (secondary N) is 2. The van der Waals surface area contributed by atoms with E-state index in [0.717, 1.165) is 26.3 Å². The lowest BCUT2D eigenvalue weighted by Gasteiger charge is -2.17. The smallest absolute Gasteiger partial charge is 0.0623 e. The zero-order chi connectivity index (χ0) is 8.10. The summed E-state index contributed by atoms with van der Waals surface area (Å²) in [5, 5.41) is 6.59. The van der Waals surface area contributed by atoms with Gasteiger partial charge in [0, 0.05) is 18.5 Å². The molecule has 1 fully saturated rings. The van der Waals surface area contributed by atoms with Gasteiger partial charge in [-0.2, -0.15) is 0 Å². The van der Waals surface area contributed by atoms with Gasteiger partial charge < -0.3 is 15.4 Å². The summed E-state index contributed by atoms with van der Waals surface area (Å²) in [6.07, 6.45) is 0. The number of ether oxygens (including phenoxy) is 1. The highest BCUT2D eigenvalue weighted by molar-refractivity contribution is 4.81. The molecule has 3 heteroatoms. The SMILES string of the molecule is CCNC1COCC1CNC. The summed E-state index contributed by atoms with van der Waals surface area (Å²) in [5.41, 5.74) is 0. The number of hydrogen-bond donors (Lipinski definition) is 2. The standard InChI is InChI=1S/C8H18N2O/c1-3-10-8-6-11-5-7(8)4-9-2/h7-10H,3-6H2,1-2H3. The summed E-state index contributed by atoms with van der Waals surface area (Å²) in [6.45, 7) is 6.00. The summed E-state index contributed by atoms with van der Waals surface area (Å²) in [4.78, 5) is 0. The fraction of sp³-hybridized carbons (Fsp3) is 1.00. The Kier molecular flexibility index (Phi) is 3.83. The van der Waals surface area contributed by atoms with E-state index in [0.29, 0.717) is 12.0 Å². The monoisotopic (exact) mass is 158 g/mol. The molecule has 3 nitrogen and oxygen atoms in total. The molecule has 1 rings (SSSR count). The van der Waals surface area contributed by atoms with Crippen LogP contribution in [0.2, 0.25) is 0 Å². The van der Waals surface area contributed by atoms with Crippen LogP contribution in [0, 0.1) is 5.92 Å². The molecule has 2 N–H and O–H groups in total. The molecule has 11 heavy (non-hydrogen) atoms. The van der Waals surface area contributed by atoms with Gasteiger partial charge in [-0.3, -0.25) is 0 Å². The van der Waals surface area contributed by atoms with Gasteiger partial charge in [-0.15, -0.1) is 0 Å². The molecule has 1 saturated heterocycles. The molecule has 0 aliphatic carbocycles. The van der Waals surface area contributed by atoms with E-state index in [1.54, 1.807) is 0 Å². The average Bonchev–Trinajstić information content (AvgIpc) is 2.39. The van der Waals surface area contributed by atoms with E-state index in [9.17, 15) is 0 Å². The van der Waals surface area contributed by atoms with Crippen molar-refractivity contribution in [3.05, 3.63) is 0 Å². The molecule has 2 atom stereocenters. The first-order valence-corrected chi connectivity index (χ1v) is 4.34. The Bertz CT molecular complexity index is 96.3. The fourth-order valence-corrected chi connectivity index (χ4v) is 1.55. The lowest BCUT2D eigenvalue weighted by Crippen LogP contribution is -2.39. The summed E-state index contributed by atoms with van der Waals surface area (Å²) < 4.78 is 5.37. The van der Waals surface area contributed by atoms with Gasteiger partial charge >= 0.3 is 0 Å². The van der Waals surface area contributed by atoms with Crippen molar-refractivity contribution in [1.29, 1.82) is 0 Å². The van der Waals surface area contributed by atoms with Crippen molar-refractivity contribution in [2.75, 3.05) is 33.4 Å². The largest absolute Gasteiger partial charge is 0.379 e. The van der Waals surface area contributed by atoms with Crippen LogP contribution in [0.3, 0.4) is 0 Å². The first kappa shape index (κ1) is 8.97. The molecule has 0 saturated carbocycles. The third kappa shape index (κ3) is 2.43. The van der Waals surface area contributed by atoms with Crippen molar-refractivity contribution in [2.24, 2.45) is 5.92 Å². The second kappa shape index (κ2) is 4.70. The van der Waals surface area contributed by atoms with Crippen LogP contribution in [0.15, 0.2) is 0 Å². The lowest BCUT2D eigenvalue weighted by atomic mass is 10.0. The van der Waals surface area contributed by atoms with E-state index in [1.165, 1.54) is 0 Å². The van der Waals surface area contributed by atoms with Crippen molar-refractivity contribution >= 4 is 0 Å². The van der Waals surface area contributed by atoms with Crippen molar-refractivity contribution in [1.82, 2.24) is 10.6 Å². The first-order chi connectivity index (χ1) is 5.38. The van der Waals surface area contributed by atoms with Crippen molar-refractivity contribution < 1.29 is 4.74 Å². The van der Waals surface area contributed by atoms with Crippen LogP contribution in [0.4, 0.5) is 0 Å². The Balaban J connectivity index is 2.25. The summed E-state index contributed by atoms with van der Waals surface area (Å²) in [7, 11) is 1.99. The van der Waals surface area contributed by atoms with Crippen LogP contribution in [-0.2, 0) is 4.74 Å². The highest BCUT2D eigenvalue weighted by atomic mass is 16.5. The maximum atomic E-state index is 5.37. The first-order valence-electron chi connectivity index (χ1n) is 4.34. The van der Waals surface area contributed by atoms with E-state index >= 15 is 0 Å². The van der Waals surface area contributed by atoms with Crippen molar-refractivity contribution in [2.45, 2.75) is 13.0 Å². The Morgan fingerprint density at radius 3 is 2.91 bits per heavy atom. The minimum Gasteiger partial charge on any atom is -0.379 e. The van der Waals surface area contributed by atoms with E-state index in [-0.39, 0.29) is 0 Å². The Labute approximate surface area is 68.5 Å². The van der Waals surface area contributed by atoms with E-state index in [2.05, 4.69) is 17.6 Å². The minimum absolute atomic E-state index is 0.562. The maximum absolute atomic E-state index is 5.37. The highest BCUT2D eigenvalue weighted by Crippen LogP contribution is 2.11. The van der Waals surface area contributed by atoms with E-state index in [4.69, 9.17) is 4.74 Å². The Morgan fingerprint density at radius 2 is 2.27 bits per heavy atom. The number of hydrogen-bond acceptors (Lipinski definition) is 3. The molecule has 2 unspecified atom stereocenters. The van der Waals surface area contributed by atoms with E-state index in [1.807, 2.05) is 7.05 Å². The molecule has 0 aromatic rings. The summed E-state index contributed by atoms with van der Waals surface area (Å²) in [6, 6.07) is 0.562. The van der Waals surface area contributed by atoms with Gasteiger partial charge in [-0.1, -0.05) is 6.92 Å². The third-order valence-corrected chi connectivity index (χ3v) is 2.13. The molecule has 0 radical (unpaired) electrons. The fourth-order valence-electron chi connectivity index (χ4n) is 1.55. The van der Waals surface area contributed by atoms with Gasteiger partial charge in [0.2, 0.25) is 0 Å². The van der Waals surface area contributed by atoms with Crippen LogP contribution < -0.4 is 10.6 Å². The van der Waals surface area contributed by atoms with Gasteiger partial charge in [0.25, 0.3) is 0 Å². The van der Waals surface area contributed by atoms with Crippen LogP contribution in [0.1, 0.15) is 6.92 Å². The predicted molar refractivity (Wildman–Crippen MR) is 45.7 cm³/mol. The molecular formula is C8H18N2O. The van der Waals surface area contributed by atoms with Gasteiger partial charge in [-0.25, -0.2) is 0 Å². The van der Waals surface area contributed by atoms with Gasteiger partial charge in [0.15, 0.2) is 0 Å². The molecule has 0 amide bonds. The normalized spacial score (nSPS) is 31.1. The Morgan fingerprint density at radius 1 is 1.45 bits per heavy atom. The van der Waals surface area contributed by atoms with Crippen LogP contribution in [0.5, 0.6) is 0 Å². The molecule has 0 spiro atoms. The molecule has 0 aromatic carbocycles. The lowest BCUT2D eigenvalue weighted by molar-refractivity contribution is 0.182. The average molecular weight is 158 g/mol. The highest BCUT2D eigenvalue weighted by Gasteiger charge is 2.26. The topological polar surface area (TPSA) is 33.3 Å². The molecular weight excluding hydrogens is 140 g/mol. The van der Waals surface area contributed by atoms with Crippen molar-refractivity contribution in [3.8, 4) is 0 Å². The van der Waals surface area contributed by atoms with Gasteiger partial charge in [0.05, 0.1) is 13.2 Å². The second-order valence-corrected chi connectivity index (χ2v) is 3.02. The third-order valence-electron chi connectivity index (χ3n) is 2.13. The molecule has 0 aromatic heterocycles. The Hall–Kier alpha value is -0.120. The van der Waals surface area contributed by atoms with Crippen LogP contribution >= 0.6 is 0 Å². The molecule has 66 valence electrons.